The zero-order valence-electron chi connectivity index (χ0n) is 24.5. The molecule has 214 valence electrons. The number of benzene rings is 3. The van der Waals surface area contributed by atoms with Crippen molar-refractivity contribution in [1.82, 2.24) is 19.4 Å². The Kier molecular flexibility index (Phi) is 7.07. The molecule has 4 heterocycles. The number of hydrogen-bond donors (Lipinski definition) is 0. The summed E-state index contributed by atoms with van der Waals surface area (Å²) in [7, 11) is 0. The minimum absolute atomic E-state index is 0.0174. The summed E-state index contributed by atoms with van der Waals surface area (Å²) in [6, 6.07) is 30.7. The van der Waals surface area contributed by atoms with Crippen molar-refractivity contribution in [2.75, 3.05) is 19.6 Å². The highest BCUT2D eigenvalue weighted by Crippen LogP contribution is 2.45. The normalized spacial score (nSPS) is 23.6. The van der Waals surface area contributed by atoms with Crippen molar-refractivity contribution in [2.24, 2.45) is 0 Å². The Morgan fingerprint density at radius 3 is 2.31 bits per heavy atom. The number of nitriles is 1. The lowest BCUT2D eigenvalue weighted by atomic mass is 9.70. The zero-order valence-corrected chi connectivity index (χ0v) is 24.5. The van der Waals surface area contributed by atoms with E-state index >= 15 is 0 Å². The van der Waals surface area contributed by atoms with Gasteiger partial charge in [0.15, 0.2) is 0 Å². The fourth-order valence-electron chi connectivity index (χ4n) is 8.34. The van der Waals surface area contributed by atoms with Gasteiger partial charge in [-0.25, -0.2) is 4.98 Å². The molecule has 3 saturated heterocycles. The summed E-state index contributed by atoms with van der Waals surface area (Å²) in [5.41, 5.74) is 4.82. The van der Waals surface area contributed by atoms with Crippen molar-refractivity contribution in [3.8, 4) is 6.07 Å². The standard InChI is InChI=1S/C36H39N5O/c1-26-38-33-13-7-8-14-34(33)41(26)31-23-29-15-16-30(24-31)40(29)22-19-36(28-10-3-2-4-11-28)17-20-39(21-18-36)35(42)32-12-6-5-9-27(32)25-37/h2-14,29-31H,15-24H2,1H3/t29-,30?,31?/m1/s1. The first-order chi connectivity index (χ1) is 20.6. The molecule has 1 amide bonds. The van der Waals surface area contributed by atoms with Crippen LogP contribution in [0.5, 0.6) is 0 Å². The Morgan fingerprint density at radius 1 is 0.905 bits per heavy atom. The molecule has 3 atom stereocenters. The first-order valence-electron chi connectivity index (χ1n) is 15.6. The van der Waals surface area contributed by atoms with Gasteiger partial charge in [0.2, 0.25) is 0 Å². The van der Waals surface area contributed by atoms with E-state index < -0.39 is 0 Å². The van der Waals surface area contributed by atoms with Gasteiger partial charge in [-0.2, -0.15) is 5.26 Å². The molecule has 0 aliphatic carbocycles. The number of aromatic nitrogens is 2. The lowest BCUT2D eigenvalue weighted by Gasteiger charge is -2.45. The number of carbonyl (C=O) groups excluding carboxylic acids is 1. The molecule has 2 unspecified atom stereocenters. The fourth-order valence-corrected chi connectivity index (χ4v) is 8.34. The molecule has 3 aromatic carbocycles. The Hall–Kier alpha value is -3.95. The van der Waals surface area contributed by atoms with Gasteiger partial charge in [-0.15, -0.1) is 0 Å². The predicted molar refractivity (Wildman–Crippen MR) is 165 cm³/mol. The number of rotatable bonds is 6. The molecule has 6 nitrogen and oxygen atoms in total. The molecule has 3 fully saturated rings. The number of amides is 1. The van der Waals surface area contributed by atoms with Crippen LogP contribution in [0, 0.1) is 18.3 Å². The minimum Gasteiger partial charge on any atom is -0.339 e. The van der Waals surface area contributed by atoms with Crippen molar-refractivity contribution in [3.05, 3.63) is 101 Å². The van der Waals surface area contributed by atoms with Gasteiger partial charge in [0, 0.05) is 31.2 Å². The van der Waals surface area contributed by atoms with E-state index in [4.69, 9.17) is 4.98 Å². The predicted octanol–water partition coefficient (Wildman–Crippen LogP) is 6.65. The molecule has 42 heavy (non-hydrogen) atoms. The van der Waals surface area contributed by atoms with Gasteiger partial charge in [0.25, 0.3) is 5.91 Å². The summed E-state index contributed by atoms with van der Waals surface area (Å²) in [6.07, 6.45) is 7.95. The second-order valence-electron chi connectivity index (χ2n) is 12.6. The van der Waals surface area contributed by atoms with Gasteiger partial charge in [0.1, 0.15) is 5.82 Å². The van der Waals surface area contributed by atoms with E-state index in [1.165, 1.54) is 36.8 Å². The van der Waals surface area contributed by atoms with Crippen molar-refractivity contribution in [1.29, 1.82) is 5.26 Å². The van der Waals surface area contributed by atoms with Crippen LogP contribution < -0.4 is 0 Å². The average molecular weight is 558 g/mol. The molecule has 6 heteroatoms. The van der Waals surface area contributed by atoms with E-state index in [0.717, 1.165) is 50.2 Å². The molecule has 2 bridgehead atoms. The van der Waals surface area contributed by atoms with Crippen LogP contribution in [0.15, 0.2) is 78.9 Å². The second kappa shape index (κ2) is 11.0. The van der Waals surface area contributed by atoms with Gasteiger partial charge in [-0.1, -0.05) is 54.6 Å². The van der Waals surface area contributed by atoms with Crippen LogP contribution in [0.1, 0.15) is 78.3 Å². The number of imidazole rings is 1. The Bertz CT molecular complexity index is 1610. The van der Waals surface area contributed by atoms with Crippen LogP contribution in [-0.2, 0) is 5.41 Å². The molecular formula is C36H39N5O. The van der Waals surface area contributed by atoms with Crippen LogP contribution in [0.4, 0.5) is 0 Å². The quantitative estimate of drug-likeness (QED) is 0.266. The van der Waals surface area contributed by atoms with Gasteiger partial charge < -0.3 is 9.47 Å². The topological polar surface area (TPSA) is 65.2 Å². The largest absolute Gasteiger partial charge is 0.339 e. The third kappa shape index (κ3) is 4.70. The van der Waals surface area contributed by atoms with E-state index in [1.54, 1.807) is 12.1 Å². The number of aryl methyl sites for hydroxylation is 1. The second-order valence-corrected chi connectivity index (χ2v) is 12.6. The van der Waals surface area contributed by atoms with Crippen molar-refractivity contribution < 1.29 is 4.79 Å². The third-order valence-electron chi connectivity index (χ3n) is 10.5. The van der Waals surface area contributed by atoms with Crippen LogP contribution in [-0.4, -0.2) is 57.0 Å². The van der Waals surface area contributed by atoms with Crippen molar-refractivity contribution >= 4 is 16.9 Å². The van der Waals surface area contributed by atoms with E-state index in [0.29, 0.717) is 29.3 Å². The van der Waals surface area contributed by atoms with E-state index in [-0.39, 0.29) is 11.3 Å². The van der Waals surface area contributed by atoms with Crippen LogP contribution in [0.2, 0.25) is 0 Å². The number of nitrogens with zero attached hydrogens (tertiary/aromatic N) is 5. The summed E-state index contributed by atoms with van der Waals surface area (Å²) in [5.74, 6) is 1.12. The highest BCUT2D eigenvalue weighted by Gasteiger charge is 2.44. The number of fused-ring (bicyclic) bond motifs is 3. The summed E-state index contributed by atoms with van der Waals surface area (Å²) < 4.78 is 2.51. The maximum atomic E-state index is 13.4. The van der Waals surface area contributed by atoms with Gasteiger partial charge in [0.05, 0.1) is 28.2 Å². The maximum Gasteiger partial charge on any atom is 0.255 e. The number of likely N-dealkylation sites (tertiary alicyclic amines) is 1. The fraction of sp³-hybridized carbons (Fsp3) is 0.417. The minimum atomic E-state index is -0.0174. The molecular weight excluding hydrogens is 518 g/mol. The lowest BCUT2D eigenvalue weighted by Crippen LogP contribution is -2.49. The zero-order chi connectivity index (χ0) is 28.7. The van der Waals surface area contributed by atoms with Gasteiger partial charge >= 0.3 is 0 Å². The summed E-state index contributed by atoms with van der Waals surface area (Å²) in [5, 5.41) is 9.54. The smallest absolute Gasteiger partial charge is 0.255 e. The van der Waals surface area contributed by atoms with Gasteiger partial charge in [-0.3, -0.25) is 9.69 Å². The number of carbonyl (C=O) groups is 1. The van der Waals surface area contributed by atoms with E-state index in [9.17, 15) is 10.1 Å². The first kappa shape index (κ1) is 26.9. The lowest BCUT2D eigenvalue weighted by molar-refractivity contribution is 0.0606. The highest BCUT2D eigenvalue weighted by molar-refractivity contribution is 5.96. The first-order valence-corrected chi connectivity index (χ1v) is 15.6. The Balaban J connectivity index is 1.07. The summed E-state index contributed by atoms with van der Waals surface area (Å²) >= 11 is 0. The summed E-state index contributed by atoms with van der Waals surface area (Å²) in [6.45, 7) is 4.70. The molecule has 0 saturated carbocycles. The molecule has 3 aliphatic rings. The molecule has 0 radical (unpaired) electrons. The van der Waals surface area contributed by atoms with E-state index in [1.807, 2.05) is 17.0 Å². The van der Waals surface area contributed by atoms with Crippen LogP contribution in [0.25, 0.3) is 11.0 Å². The summed E-state index contributed by atoms with van der Waals surface area (Å²) in [4.78, 5) is 23.1. The van der Waals surface area contributed by atoms with Crippen molar-refractivity contribution in [2.45, 2.75) is 75.4 Å². The molecule has 7 rings (SSSR count). The van der Waals surface area contributed by atoms with Crippen LogP contribution in [0.3, 0.4) is 0 Å². The van der Waals surface area contributed by atoms with Crippen molar-refractivity contribution in [3.63, 3.8) is 0 Å². The monoisotopic (exact) mass is 557 g/mol. The SMILES string of the molecule is Cc1nc2ccccc2n1C1CC2CC[C@H](C1)N2CCC1(c2ccccc2)CCN(C(=O)c2ccccc2C#N)CC1. The highest BCUT2D eigenvalue weighted by atomic mass is 16.2. The molecule has 0 spiro atoms. The third-order valence-corrected chi connectivity index (χ3v) is 10.5. The molecule has 3 aliphatic heterocycles. The van der Waals surface area contributed by atoms with Crippen LogP contribution >= 0.6 is 0 Å². The number of hydrogen-bond acceptors (Lipinski definition) is 4. The average Bonchev–Trinajstić information content (AvgIpc) is 3.50. The maximum absolute atomic E-state index is 13.4. The molecule has 1 aromatic heterocycles. The molecule has 0 N–H and O–H groups in total. The molecule has 4 aromatic rings. The number of piperidine rings is 2. The van der Waals surface area contributed by atoms with Gasteiger partial charge in [-0.05, 0) is 93.7 Å². The Morgan fingerprint density at radius 2 is 1.57 bits per heavy atom. The number of para-hydroxylation sites is 2. The Labute approximate surface area is 248 Å². The van der Waals surface area contributed by atoms with E-state index in [2.05, 4.69) is 77.1 Å².